The lowest BCUT2D eigenvalue weighted by molar-refractivity contribution is -0.139. The van der Waals surface area contributed by atoms with Crippen molar-refractivity contribution in [1.82, 2.24) is 20.9 Å². The van der Waals surface area contributed by atoms with Gasteiger partial charge in [-0.15, -0.1) is 0 Å². The molecule has 402 valence electrons. The number of hydrogen-bond acceptors (Lipinski definition) is 7. The number of benzene rings is 6. The van der Waals surface area contributed by atoms with E-state index >= 15 is 17.6 Å². The molecule has 0 bridgehead atoms. The minimum Gasteiger partial charge on any atom is -0.375 e. The zero-order valence-electron chi connectivity index (χ0n) is 39.7. The van der Waals surface area contributed by atoms with Crippen LogP contribution >= 0.6 is 23.2 Å². The van der Waals surface area contributed by atoms with E-state index in [1.165, 1.54) is 24.1 Å². The number of amides is 6. The van der Waals surface area contributed by atoms with E-state index in [1.807, 2.05) is 0 Å². The topological polar surface area (TPSA) is 178 Å². The highest BCUT2D eigenvalue weighted by atomic mass is 35.5. The van der Waals surface area contributed by atoms with Crippen LogP contribution in [-0.4, -0.2) is 60.5 Å². The number of nitrogens with one attached hydrogen (secondary N) is 6. The van der Waals surface area contributed by atoms with Crippen molar-refractivity contribution in [2.75, 3.05) is 36.1 Å². The monoisotopic (exact) mass is 1130 g/mol. The van der Waals surface area contributed by atoms with Gasteiger partial charge < -0.3 is 36.8 Å². The number of halogens is 12. The third-order valence-electron chi connectivity index (χ3n) is 13.8. The number of hydrogen-bond donors (Lipinski definition) is 6. The fraction of sp³-hybridized carbons (Fsp3) is 0.208. The minimum atomic E-state index is -5.49. The number of carbonyl (C=O) groups excluding carboxylic acids is 6. The molecule has 3 atom stereocenters. The summed E-state index contributed by atoms with van der Waals surface area (Å²) in [6, 6.07) is 5.20. The molecule has 6 amide bonds. The fourth-order valence-electron chi connectivity index (χ4n) is 10.3. The van der Waals surface area contributed by atoms with Crippen LogP contribution in [-0.2, 0) is 18.8 Å². The summed E-state index contributed by atoms with van der Waals surface area (Å²) in [5, 5.41) is 14.7. The van der Waals surface area contributed by atoms with Crippen LogP contribution < -0.4 is 31.9 Å². The van der Waals surface area contributed by atoms with Gasteiger partial charge in [0, 0.05) is 86.1 Å². The molecule has 10 rings (SSSR count). The lowest BCUT2D eigenvalue weighted by atomic mass is 9.87. The van der Waals surface area contributed by atoms with Crippen molar-refractivity contribution < 1.29 is 72.7 Å². The van der Waals surface area contributed by atoms with Crippen LogP contribution in [0.3, 0.4) is 0 Å². The lowest BCUT2D eigenvalue weighted by Gasteiger charge is -2.26. The Bertz CT molecular complexity index is 3650. The van der Waals surface area contributed by atoms with Gasteiger partial charge in [0.25, 0.3) is 35.4 Å². The van der Waals surface area contributed by atoms with E-state index in [2.05, 4.69) is 31.9 Å². The number of carbonyl (C=O) groups is 6. The van der Waals surface area contributed by atoms with Crippen molar-refractivity contribution >= 4 is 75.7 Å². The summed E-state index contributed by atoms with van der Waals surface area (Å²) >= 11 is 12.9. The van der Waals surface area contributed by atoms with Gasteiger partial charge in [0.1, 0.15) is 23.3 Å². The summed E-state index contributed by atoms with van der Waals surface area (Å²) in [5.74, 6) is -11.2. The summed E-state index contributed by atoms with van der Waals surface area (Å²) in [7, 11) is 1.51. The van der Waals surface area contributed by atoms with Gasteiger partial charge in [-0.3, -0.25) is 28.8 Å². The summed E-state index contributed by atoms with van der Waals surface area (Å²) in [4.78, 5) is 85.2. The molecule has 6 N–H and O–H groups in total. The van der Waals surface area contributed by atoms with Crippen molar-refractivity contribution in [2.45, 2.75) is 49.7 Å². The van der Waals surface area contributed by atoms with E-state index < -0.39 is 146 Å². The highest BCUT2D eigenvalue weighted by Gasteiger charge is 2.44. The first kappa shape index (κ1) is 53.2. The molecule has 4 aliphatic heterocycles. The average Bonchev–Trinajstić information content (AvgIpc) is 3.97. The van der Waals surface area contributed by atoms with Gasteiger partial charge in [0.2, 0.25) is 0 Å². The molecule has 0 aromatic heterocycles. The van der Waals surface area contributed by atoms with Crippen LogP contribution in [0.25, 0.3) is 0 Å². The first-order valence-electron chi connectivity index (χ1n) is 23.4. The van der Waals surface area contributed by atoms with Crippen molar-refractivity contribution in [1.29, 1.82) is 0 Å². The lowest BCUT2D eigenvalue weighted by Crippen LogP contribution is -2.31. The van der Waals surface area contributed by atoms with E-state index in [-0.39, 0.29) is 67.2 Å². The van der Waals surface area contributed by atoms with Crippen LogP contribution in [0.5, 0.6) is 0 Å². The van der Waals surface area contributed by atoms with Crippen molar-refractivity contribution in [3.63, 3.8) is 0 Å². The molecule has 0 aliphatic carbocycles. The van der Waals surface area contributed by atoms with Crippen molar-refractivity contribution in [2.24, 2.45) is 0 Å². The van der Waals surface area contributed by atoms with Crippen LogP contribution in [0, 0.1) is 23.3 Å². The number of alkyl halides is 6. The Morgan fingerprint density at radius 3 is 1.77 bits per heavy atom. The van der Waals surface area contributed by atoms with Gasteiger partial charge in [-0.1, -0.05) is 23.2 Å². The SMILES string of the molecule is CN1CCCCc2c(cc(NC(=O)c3cc(F)c(C4CNC(=O)c5cc(NC(=O)c6cc(F)cc(C(F)(F)F)c6)c6c(c5N4)C(=O)NC6c4cc(F)ccc4Cl)c(C(F)(F)F)c3)c3c2C(=O)NC3c2cc(F)ccc2Cl)C1=O. The number of rotatable bonds is 7. The van der Waals surface area contributed by atoms with E-state index in [9.17, 15) is 55.1 Å². The van der Waals surface area contributed by atoms with E-state index in [1.54, 1.807) is 0 Å². The van der Waals surface area contributed by atoms with E-state index in [4.69, 9.17) is 23.2 Å². The van der Waals surface area contributed by atoms with Gasteiger partial charge in [0.15, 0.2) is 0 Å². The second kappa shape index (κ2) is 19.7. The summed E-state index contributed by atoms with van der Waals surface area (Å²) in [5.41, 5.74) is -9.25. The van der Waals surface area contributed by atoms with Crippen LogP contribution in [0.15, 0.2) is 78.9 Å². The zero-order valence-corrected chi connectivity index (χ0v) is 41.2. The van der Waals surface area contributed by atoms with Crippen molar-refractivity contribution in [3.05, 3.63) is 190 Å². The molecule has 0 radical (unpaired) electrons. The van der Waals surface area contributed by atoms with Crippen LogP contribution in [0.2, 0.25) is 10.0 Å². The van der Waals surface area contributed by atoms with Gasteiger partial charge >= 0.3 is 12.4 Å². The summed E-state index contributed by atoms with van der Waals surface area (Å²) in [6.07, 6.45) is -9.34. The Morgan fingerprint density at radius 1 is 0.615 bits per heavy atom. The minimum absolute atomic E-state index is 0.00779. The van der Waals surface area contributed by atoms with Gasteiger partial charge in [-0.05, 0) is 104 Å². The molecule has 6 aromatic carbocycles. The maximum absolute atomic E-state index is 16.9. The molecule has 25 heteroatoms. The smallest absolute Gasteiger partial charge is 0.375 e. The molecule has 0 spiro atoms. The predicted octanol–water partition coefficient (Wildman–Crippen LogP) is 11.1. The third-order valence-corrected chi connectivity index (χ3v) is 14.5. The standard InChI is InChI=1S/C53H35Cl2F10N7O6/c1-72-9-3-2-4-26-27(51(72)78)17-35(40-38(26)49(76)70-43(40)28-15-23(56)5-7-32(28)54)68-47(74)21-12-31(53(63,64)65)39(34(59)13-21)37-19-66-48(75)30-18-36(69-46(73)20-10-22(52(60,61)62)14-25(58)11-20)41-42(45(30)67-37)50(77)71-44(41)29-16-24(57)6-8-33(29)55/h5-8,10-18,37,43-44,67H,2-4,9,19H2,1H3,(H,66,75)(H,68,74)(H,69,73)(H,70,76)(H,71,77). The van der Waals surface area contributed by atoms with Gasteiger partial charge in [-0.25, -0.2) is 17.6 Å². The Kier molecular flexibility index (Phi) is 13.4. The Morgan fingerprint density at radius 2 is 1.18 bits per heavy atom. The van der Waals surface area contributed by atoms with E-state index in [0.717, 1.165) is 36.4 Å². The average molecular weight is 1130 g/mol. The van der Waals surface area contributed by atoms with Crippen molar-refractivity contribution in [3.8, 4) is 0 Å². The van der Waals surface area contributed by atoms with Crippen LogP contribution in [0.4, 0.5) is 61.0 Å². The molecule has 0 fully saturated rings. The molecule has 78 heavy (non-hydrogen) atoms. The maximum Gasteiger partial charge on any atom is 0.416 e. The van der Waals surface area contributed by atoms with Crippen LogP contribution in [0.1, 0.15) is 138 Å². The van der Waals surface area contributed by atoms with Gasteiger partial charge in [0.05, 0.1) is 51.6 Å². The first-order valence-corrected chi connectivity index (χ1v) is 24.2. The largest absolute Gasteiger partial charge is 0.416 e. The number of anilines is 3. The maximum atomic E-state index is 16.9. The normalized spacial score (nSPS) is 18.0. The number of nitrogens with zero attached hydrogens (tertiary/aromatic N) is 1. The van der Waals surface area contributed by atoms with E-state index in [0.29, 0.717) is 43.7 Å². The predicted molar refractivity (Wildman–Crippen MR) is 262 cm³/mol. The third kappa shape index (κ3) is 9.58. The molecule has 0 saturated heterocycles. The zero-order chi connectivity index (χ0) is 56.0. The Balaban J connectivity index is 1.07. The highest BCUT2D eigenvalue weighted by molar-refractivity contribution is 6.32. The Labute approximate surface area is 443 Å². The second-order valence-corrected chi connectivity index (χ2v) is 19.5. The molecule has 3 unspecified atom stereocenters. The first-order chi connectivity index (χ1) is 36.8. The fourth-order valence-corrected chi connectivity index (χ4v) is 10.7. The quantitative estimate of drug-likeness (QED) is 0.0862. The second-order valence-electron chi connectivity index (χ2n) is 18.7. The summed E-state index contributed by atoms with van der Waals surface area (Å²) < 4.78 is 148. The van der Waals surface area contributed by atoms with Gasteiger partial charge in [-0.2, -0.15) is 26.3 Å². The molecular formula is C53H35Cl2F10N7O6. The number of fused-ring (bicyclic) bond motifs is 6. The highest BCUT2D eigenvalue weighted by Crippen LogP contribution is 2.48. The molecular weight excluding hydrogens is 1090 g/mol. The molecule has 0 saturated carbocycles. The summed E-state index contributed by atoms with van der Waals surface area (Å²) in [6.45, 7) is -0.550. The molecule has 4 aliphatic rings. The molecule has 4 heterocycles. The Hall–Kier alpha value is -8.18. The molecule has 13 nitrogen and oxygen atoms in total. The molecule has 6 aromatic rings.